The number of nitrogens with one attached hydrogen (secondary N) is 1. The highest BCUT2D eigenvalue weighted by molar-refractivity contribution is 9.11. The van der Waals surface area contributed by atoms with Gasteiger partial charge in [0.15, 0.2) is 3.92 Å². The van der Waals surface area contributed by atoms with Gasteiger partial charge in [-0.3, -0.25) is 0 Å². The average Bonchev–Trinajstić information content (AvgIpc) is 2.53. The number of hydrogen-bond acceptors (Lipinski definition) is 4. The summed E-state index contributed by atoms with van der Waals surface area (Å²) in [6, 6.07) is 5.37. The molecule has 0 saturated carbocycles. The number of ether oxygens (including phenoxy) is 1. The fourth-order valence-corrected chi connectivity index (χ4v) is 2.81. The van der Waals surface area contributed by atoms with Gasteiger partial charge in [-0.05, 0) is 48.8 Å². The van der Waals surface area contributed by atoms with E-state index in [-0.39, 0.29) is 5.54 Å². The molecule has 0 unspecified atom stereocenters. The number of carbonyl (C=O) groups is 1. The monoisotopic (exact) mass is 328 g/mol. The first kappa shape index (κ1) is 13.3. The van der Waals surface area contributed by atoms with E-state index in [0.29, 0.717) is 5.75 Å². The van der Waals surface area contributed by atoms with Gasteiger partial charge in [-0.2, -0.15) is 0 Å². The highest BCUT2D eigenvalue weighted by atomic mass is 79.9. The lowest BCUT2D eigenvalue weighted by atomic mass is 10.1. The zero-order valence-electron chi connectivity index (χ0n) is 10.3. The van der Waals surface area contributed by atoms with E-state index >= 15 is 0 Å². The number of rotatable bonds is 1. The van der Waals surface area contributed by atoms with Crippen LogP contribution in [0.15, 0.2) is 22.1 Å². The molecule has 96 valence electrons. The third-order valence-electron chi connectivity index (χ3n) is 2.02. The maximum atomic E-state index is 11.6. The molecule has 0 aliphatic rings. The Hall–Kier alpha value is -1.14. The molecule has 1 heterocycles. The van der Waals surface area contributed by atoms with E-state index in [1.54, 1.807) is 12.1 Å². The molecule has 1 aromatic heterocycles. The molecule has 6 heteroatoms. The highest BCUT2D eigenvalue weighted by Crippen LogP contribution is 2.29. The molecule has 1 N–H and O–H groups in total. The zero-order chi connectivity index (χ0) is 13.3. The molecule has 0 aliphatic carbocycles. The predicted octanol–water partition coefficient (Wildman–Crippen LogP) is 3.95. The molecular weight excluding hydrogens is 316 g/mol. The summed E-state index contributed by atoms with van der Waals surface area (Å²) in [5, 5.41) is 2.74. The number of aromatic nitrogens is 1. The van der Waals surface area contributed by atoms with Crippen LogP contribution in [0.1, 0.15) is 20.8 Å². The fourth-order valence-electron chi connectivity index (χ4n) is 1.38. The van der Waals surface area contributed by atoms with E-state index in [9.17, 15) is 4.79 Å². The Morgan fingerprint density at radius 3 is 2.83 bits per heavy atom. The third kappa shape index (κ3) is 3.43. The highest BCUT2D eigenvalue weighted by Gasteiger charge is 2.15. The topological polar surface area (TPSA) is 51.2 Å². The van der Waals surface area contributed by atoms with Crippen LogP contribution in [-0.4, -0.2) is 16.6 Å². The van der Waals surface area contributed by atoms with Gasteiger partial charge in [0.25, 0.3) is 0 Å². The van der Waals surface area contributed by atoms with Crippen LogP contribution >= 0.6 is 27.3 Å². The van der Waals surface area contributed by atoms with Crippen LogP contribution in [0.2, 0.25) is 0 Å². The second-order valence-electron chi connectivity index (χ2n) is 4.86. The molecule has 2 aromatic rings. The van der Waals surface area contributed by atoms with Crippen molar-refractivity contribution >= 4 is 43.6 Å². The second-order valence-corrected chi connectivity index (χ2v) is 7.17. The standard InChI is InChI=1S/C12H13BrN2O2S/c1-12(2,3)15-11(16)17-7-4-5-8-9(6-7)18-10(13)14-8/h4-6H,1-3H3,(H,15,16). The van der Waals surface area contributed by atoms with E-state index < -0.39 is 6.09 Å². The summed E-state index contributed by atoms with van der Waals surface area (Å²) in [5.41, 5.74) is 0.574. The molecule has 0 bridgehead atoms. The lowest BCUT2D eigenvalue weighted by molar-refractivity contribution is 0.190. The Morgan fingerprint density at radius 1 is 1.44 bits per heavy atom. The molecular formula is C12H13BrN2O2S. The van der Waals surface area contributed by atoms with Crippen LogP contribution in [0.25, 0.3) is 10.2 Å². The van der Waals surface area contributed by atoms with Crippen LogP contribution in [0.3, 0.4) is 0 Å². The molecule has 0 atom stereocenters. The fraction of sp³-hybridized carbons (Fsp3) is 0.333. The summed E-state index contributed by atoms with van der Waals surface area (Å²) in [6.07, 6.45) is -0.453. The molecule has 0 fully saturated rings. The summed E-state index contributed by atoms with van der Waals surface area (Å²) in [5.74, 6) is 0.514. The normalized spacial score (nSPS) is 11.6. The maximum absolute atomic E-state index is 11.6. The molecule has 2 rings (SSSR count). The second kappa shape index (κ2) is 4.85. The molecule has 0 saturated heterocycles. The van der Waals surface area contributed by atoms with Crippen molar-refractivity contribution < 1.29 is 9.53 Å². The van der Waals surface area contributed by atoms with Crippen LogP contribution in [0.4, 0.5) is 4.79 Å². The lowest BCUT2D eigenvalue weighted by Gasteiger charge is -2.19. The quantitative estimate of drug-likeness (QED) is 0.862. The Bertz CT molecular complexity index is 589. The van der Waals surface area contributed by atoms with Crippen molar-refractivity contribution in [2.75, 3.05) is 0 Å². The van der Waals surface area contributed by atoms with Crippen molar-refractivity contribution in [3.8, 4) is 5.75 Å². The van der Waals surface area contributed by atoms with Crippen molar-refractivity contribution in [3.05, 3.63) is 22.1 Å². The third-order valence-corrected chi connectivity index (χ3v) is 3.49. The van der Waals surface area contributed by atoms with Gasteiger partial charge in [0.2, 0.25) is 0 Å². The van der Waals surface area contributed by atoms with Crippen LogP contribution in [0, 0.1) is 0 Å². The van der Waals surface area contributed by atoms with Crippen molar-refractivity contribution in [1.82, 2.24) is 10.3 Å². The van der Waals surface area contributed by atoms with Gasteiger partial charge >= 0.3 is 6.09 Å². The number of hydrogen-bond donors (Lipinski definition) is 1. The van der Waals surface area contributed by atoms with Crippen LogP contribution < -0.4 is 10.1 Å². The van der Waals surface area contributed by atoms with Crippen LogP contribution in [-0.2, 0) is 0 Å². The minimum Gasteiger partial charge on any atom is -0.410 e. The van der Waals surface area contributed by atoms with E-state index in [1.165, 1.54) is 11.3 Å². The summed E-state index contributed by atoms with van der Waals surface area (Å²) >= 11 is 4.83. The molecule has 1 amide bonds. The summed E-state index contributed by atoms with van der Waals surface area (Å²) in [7, 11) is 0. The number of nitrogens with zero attached hydrogens (tertiary/aromatic N) is 1. The first-order valence-electron chi connectivity index (χ1n) is 5.39. The molecule has 0 radical (unpaired) electrons. The molecule has 4 nitrogen and oxygen atoms in total. The smallest absolute Gasteiger partial charge is 0.410 e. The molecule has 0 aliphatic heterocycles. The lowest BCUT2D eigenvalue weighted by Crippen LogP contribution is -2.42. The number of thiazole rings is 1. The van der Waals surface area contributed by atoms with Crippen molar-refractivity contribution in [2.24, 2.45) is 0 Å². The molecule has 1 aromatic carbocycles. The Labute approximate surface area is 117 Å². The first-order chi connectivity index (χ1) is 8.33. The number of halogens is 1. The molecule has 18 heavy (non-hydrogen) atoms. The van der Waals surface area contributed by atoms with E-state index in [1.807, 2.05) is 26.8 Å². The molecule has 0 spiro atoms. The van der Waals surface area contributed by atoms with E-state index in [4.69, 9.17) is 4.74 Å². The largest absolute Gasteiger partial charge is 0.413 e. The number of carbonyl (C=O) groups excluding carboxylic acids is 1. The number of benzene rings is 1. The maximum Gasteiger partial charge on any atom is 0.413 e. The summed E-state index contributed by atoms with van der Waals surface area (Å²) in [6.45, 7) is 5.70. The van der Waals surface area contributed by atoms with E-state index in [0.717, 1.165) is 14.1 Å². The van der Waals surface area contributed by atoms with Gasteiger partial charge in [-0.1, -0.05) is 0 Å². The summed E-state index contributed by atoms with van der Waals surface area (Å²) in [4.78, 5) is 15.9. The SMILES string of the molecule is CC(C)(C)NC(=O)Oc1ccc2nc(Br)sc2c1. The number of fused-ring (bicyclic) bond motifs is 1. The van der Waals surface area contributed by atoms with Crippen molar-refractivity contribution in [3.63, 3.8) is 0 Å². The Morgan fingerprint density at radius 2 is 2.17 bits per heavy atom. The van der Waals surface area contributed by atoms with Crippen molar-refractivity contribution in [1.29, 1.82) is 0 Å². The van der Waals surface area contributed by atoms with Crippen LogP contribution in [0.5, 0.6) is 5.75 Å². The van der Waals surface area contributed by atoms with Gasteiger partial charge in [0.1, 0.15) is 5.75 Å². The minimum absolute atomic E-state index is 0.311. The van der Waals surface area contributed by atoms with Gasteiger partial charge in [0.05, 0.1) is 10.2 Å². The van der Waals surface area contributed by atoms with Gasteiger partial charge in [-0.15, -0.1) is 11.3 Å². The first-order valence-corrected chi connectivity index (χ1v) is 7.00. The van der Waals surface area contributed by atoms with E-state index in [2.05, 4.69) is 26.2 Å². The predicted molar refractivity (Wildman–Crippen MR) is 76.2 cm³/mol. The van der Waals surface area contributed by atoms with Gasteiger partial charge < -0.3 is 10.1 Å². The van der Waals surface area contributed by atoms with Gasteiger partial charge in [-0.25, -0.2) is 9.78 Å². The minimum atomic E-state index is -0.453. The summed E-state index contributed by atoms with van der Waals surface area (Å²) < 4.78 is 7.01. The van der Waals surface area contributed by atoms with Gasteiger partial charge in [0, 0.05) is 11.6 Å². The Balaban J connectivity index is 2.14. The van der Waals surface area contributed by atoms with Crippen molar-refractivity contribution in [2.45, 2.75) is 26.3 Å². The Kier molecular flexibility index (Phi) is 3.59. The number of amides is 1. The zero-order valence-corrected chi connectivity index (χ0v) is 12.7. The average molecular weight is 329 g/mol.